The fraction of sp³-hybridized carbons (Fsp3) is 0.318. The molecule has 0 bridgehead atoms. The molecule has 2 aromatic carbocycles. The highest BCUT2D eigenvalue weighted by Crippen LogP contribution is 2.18. The van der Waals surface area contributed by atoms with Crippen LogP contribution in [0.15, 0.2) is 53.1 Å². The lowest BCUT2D eigenvalue weighted by Crippen LogP contribution is -2.16. The van der Waals surface area contributed by atoms with Crippen LogP contribution in [0, 0.1) is 6.92 Å². The standard InChI is InChI=1S/C22H22N2O5/c1-15-4-6-16(7-5-15)21-23-20(29-24-21)14-28-22(25)17-8-10-18(11-9-17)27-13-19-3-2-12-26-19/h4-11,19H,2-3,12-14H2,1H3/t19-/m1/s1. The second kappa shape index (κ2) is 8.87. The highest BCUT2D eigenvalue weighted by Gasteiger charge is 2.16. The third-order valence-electron chi connectivity index (χ3n) is 4.65. The van der Waals surface area contributed by atoms with Gasteiger partial charge in [0.25, 0.3) is 5.89 Å². The summed E-state index contributed by atoms with van der Waals surface area (Å²) in [7, 11) is 0. The maximum absolute atomic E-state index is 12.2. The third kappa shape index (κ3) is 5.00. The van der Waals surface area contributed by atoms with Crippen molar-refractivity contribution in [3.05, 3.63) is 65.5 Å². The Kier molecular flexibility index (Phi) is 5.86. The smallest absolute Gasteiger partial charge is 0.338 e. The van der Waals surface area contributed by atoms with Gasteiger partial charge in [-0.15, -0.1) is 0 Å². The number of aromatic nitrogens is 2. The van der Waals surface area contributed by atoms with Crippen LogP contribution in [0.1, 0.15) is 34.7 Å². The number of aryl methyl sites for hydroxylation is 1. The van der Waals surface area contributed by atoms with Gasteiger partial charge in [0.1, 0.15) is 12.4 Å². The number of esters is 1. The molecule has 2 heterocycles. The van der Waals surface area contributed by atoms with Crippen LogP contribution in [-0.2, 0) is 16.1 Å². The van der Waals surface area contributed by atoms with E-state index in [1.54, 1.807) is 24.3 Å². The minimum absolute atomic E-state index is 0.0883. The average Bonchev–Trinajstić information content (AvgIpc) is 3.44. The fourth-order valence-corrected chi connectivity index (χ4v) is 3.00. The van der Waals surface area contributed by atoms with Crippen LogP contribution in [-0.4, -0.2) is 35.4 Å². The third-order valence-corrected chi connectivity index (χ3v) is 4.65. The molecule has 0 unspecified atom stereocenters. The van der Waals surface area contributed by atoms with E-state index in [1.807, 2.05) is 31.2 Å². The quantitative estimate of drug-likeness (QED) is 0.561. The van der Waals surface area contributed by atoms with Gasteiger partial charge in [0.15, 0.2) is 6.61 Å². The number of carbonyl (C=O) groups is 1. The van der Waals surface area contributed by atoms with Crippen LogP contribution in [0.3, 0.4) is 0 Å². The fourth-order valence-electron chi connectivity index (χ4n) is 3.00. The number of benzene rings is 2. The van der Waals surface area contributed by atoms with Crippen molar-refractivity contribution in [2.75, 3.05) is 13.2 Å². The molecule has 0 saturated carbocycles. The first-order valence-corrected chi connectivity index (χ1v) is 9.58. The molecule has 4 rings (SSSR count). The zero-order chi connectivity index (χ0) is 20.1. The molecule has 1 saturated heterocycles. The summed E-state index contributed by atoms with van der Waals surface area (Å²) in [5, 5.41) is 3.93. The first-order chi connectivity index (χ1) is 14.2. The second-order valence-corrected chi connectivity index (χ2v) is 6.92. The van der Waals surface area contributed by atoms with Crippen LogP contribution in [0.4, 0.5) is 0 Å². The summed E-state index contributed by atoms with van der Waals surface area (Å²) in [6.07, 6.45) is 2.25. The minimum atomic E-state index is -0.467. The molecule has 1 fully saturated rings. The molecule has 7 heteroatoms. The van der Waals surface area contributed by atoms with Crippen molar-refractivity contribution in [2.45, 2.75) is 32.5 Å². The van der Waals surface area contributed by atoms with Crippen molar-refractivity contribution in [2.24, 2.45) is 0 Å². The number of rotatable bonds is 7. The topological polar surface area (TPSA) is 83.7 Å². The first-order valence-electron chi connectivity index (χ1n) is 9.58. The molecular formula is C22H22N2O5. The van der Waals surface area contributed by atoms with Crippen molar-refractivity contribution >= 4 is 5.97 Å². The molecule has 150 valence electrons. The van der Waals surface area contributed by atoms with Gasteiger partial charge in [-0.25, -0.2) is 4.79 Å². The van der Waals surface area contributed by atoms with Crippen LogP contribution in [0.2, 0.25) is 0 Å². The number of ether oxygens (including phenoxy) is 3. The van der Waals surface area contributed by atoms with E-state index in [-0.39, 0.29) is 18.6 Å². The van der Waals surface area contributed by atoms with E-state index in [1.165, 1.54) is 0 Å². The van der Waals surface area contributed by atoms with E-state index >= 15 is 0 Å². The normalized spacial score (nSPS) is 16.0. The zero-order valence-corrected chi connectivity index (χ0v) is 16.2. The van der Waals surface area contributed by atoms with Crippen LogP contribution < -0.4 is 4.74 Å². The first kappa shape index (κ1) is 19.1. The molecule has 0 spiro atoms. The van der Waals surface area contributed by atoms with Gasteiger partial charge >= 0.3 is 5.97 Å². The Labute approximate surface area is 168 Å². The summed E-state index contributed by atoms with van der Waals surface area (Å²) in [5.41, 5.74) is 2.41. The number of carbonyl (C=O) groups excluding carboxylic acids is 1. The highest BCUT2D eigenvalue weighted by molar-refractivity contribution is 5.89. The molecule has 0 aliphatic carbocycles. The maximum Gasteiger partial charge on any atom is 0.338 e. The van der Waals surface area contributed by atoms with Gasteiger partial charge in [0.2, 0.25) is 5.82 Å². The summed E-state index contributed by atoms with van der Waals surface area (Å²) < 4.78 is 21.7. The SMILES string of the molecule is Cc1ccc(-c2noc(COC(=O)c3ccc(OC[C@H]4CCCO4)cc3)n2)cc1. The Balaban J connectivity index is 1.28. The maximum atomic E-state index is 12.2. The predicted octanol–water partition coefficient (Wildman–Crippen LogP) is 3.96. The molecule has 0 amide bonds. The van der Waals surface area contributed by atoms with Gasteiger partial charge in [-0.1, -0.05) is 35.0 Å². The predicted molar refractivity (Wildman–Crippen MR) is 105 cm³/mol. The Bertz CT molecular complexity index is 944. The van der Waals surface area contributed by atoms with Gasteiger partial charge in [-0.05, 0) is 44.0 Å². The molecule has 29 heavy (non-hydrogen) atoms. The molecule has 1 aliphatic heterocycles. The van der Waals surface area contributed by atoms with Crippen LogP contribution in [0.5, 0.6) is 5.75 Å². The highest BCUT2D eigenvalue weighted by atomic mass is 16.6. The molecule has 1 atom stereocenters. The number of nitrogens with zero attached hydrogens (tertiary/aromatic N) is 2. The van der Waals surface area contributed by atoms with Crippen LogP contribution >= 0.6 is 0 Å². The molecule has 0 radical (unpaired) electrons. The Hall–Kier alpha value is -3.19. The summed E-state index contributed by atoms with van der Waals surface area (Å²) in [4.78, 5) is 16.5. The lowest BCUT2D eigenvalue weighted by atomic mass is 10.1. The lowest BCUT2D eigenvalue weighted by Gasteiger charge is -2.11. The van der Waals surface area contributed by atoms with Gasteiger partial charge in [-0.3, -0.25) is 0 Å². The van der Waals surface area contributed by atoms with Crippen molar-refractivity contribution in [3.63, 3.8) is 0 Å². The monoisotopic (exact) mass is 394 g/mol. The Morgan fingerprint density at radius 1 is 1.14 bits per heavy atom. The molecule has 0 N–H and O–H groups in total. The van der Waals surface area contributed by atoms with Gasteiger partial charge in [-0.2, -0.15) is 4.98 Å². The van der Waals surface area contributed by atoms with Gasteiger partial charge < -0.3 is 18.7 Å². The van der Waals surface area contributed by atoms with E-state index in [0.717, 1.165) is 30.6 Å². The second-order valence-electron chi connectivity index (χ2n) is 6.92. The lowest BCUT2D eigenvalue weighted by molar-refractivity contribution is 0.0429. The van der Waals surface area contributed by atoms with E-state index in [0.29, 0.717) is 23.7 Å². The van der Waals surface area contributed by atoms with Crippen molar-refractivity contribution in [3.8, 4) is 17.1 Å². The van der Waals surface area contributed by atoms with Crippen LogP contribution in [0.25, 0.3) is 11.4 Å². The number of hydrogen-bond donors (Lipinski definition) is 0. The average molecular weight is 394 g/mol. The van der Waals surface area contributed by atoms with E-state index in [4.69, 9.17) is 18.7 Å². The van der Waals surface area contributed by atoms with Crippen molar-refractivity contribution in [1.82, 2.24) is 10.1 Å². The summed E-state index contributed by atoms with van der Waals surface area (Å²) in [6, 6.07) is 14.6. The Morgan fingerprint density at radius 3 is 2.66 bits per heavy atom. The van der Waals surface area contributed by atoms with Gasteiger partial charge in [0, 0.05) is 12.2 Å². The van der Waals surface area contributed by atoms with E-state index < -0.39 is 5.97 Å². The number of hydrogen-bond acceptors (Lipinski definition) is 7. The molecule has 7 nitrogen and oxygen atoms in total. The zero-order valence-electron chi connectivity index (χ0n) is 16.2. The molecular weight excluding hydrogens is 372 g/mol. The summed E-state index contributed by atoms with van der Waals surface area (Å²) >= 11 is 0. The molecule has 3 aromatic rings. The molecule has 1 aromatic heterocycles. The molecule has 1 aliphatic rings. The summed E-state index contributed by atoms with van der Waals surface area (Å²) in [5.74, 6) is 0.927. The minimum Gasteiger partial charge on any atom is -0.491 e. The van der Waals surface area contributed by atoms with E-state index in [2.05, 4.69) is 10.1 Å². The summed E-state index contributed by atoms with van der Waals surface area (Å²) in [6.45, 7) is 3.23. The van der Waals surface area contributed by atoms with Gasteiger partial charge in [0.05, 0.1) is 11.7 Å². The van der Waals surface area contributed by atoms with Crippen molar-refractivity contribution < 1.29 is 23.5 Å². The largest absolute Gasteiger partial charge is 0.491 e. The van der Waals surface area contributed by atoms with Crippen molar-refractivity contribution in [1.29, 1.82) is 0 Å². The Morgan fingerprint density at radius 2 is 1.93 bits per heavy atom. The van der Waals surface area contributed by atoms with E-state index in [9.17, 15) is 4.79 Å².